The van der Waals surface area contributed by atoms with Crippen LogP contribution in [0.25, 0.3) is 0 Å². The molecular weight excluding hydrogens is 330 g/mol. The van der Waals surface area contributed by atoms with Gasteiger partial charge in [-0.05, 0) is 28.9 Å². The Balaban J connectivity index is 2.43. The lowest BCUT2D eigenvalue weighted by atomic mass is 10.1. The molecule has 0 aliphatic carbocycles. The second-order valence-electron chi connectivity index (χ2n) is 4.60. The number of halogens is 1. The maximum Gasteiger partial charge on any atom is 0.327 e. The third kappa shape index (κ3) is 2.75. The largest absolute Gasteiger partial charge is 0.480 e. The summed E-state index contributed by atoms with van der Waals surface area (Å²) in [7, 11) is 0. The minimum Gasteiger partial charge on any atom is -0.480 e. The van der Waals surface area contributed by atoms with Crippen LogP contribution in [0.1, 0.15) is 5.56 Å². The van der Waals surface area contributed by atoms with Crippen molar-refractivity contribution < 1.29 is 14.8 Å². The van der Waals surface area contributed by atoms with Crippen LogP contribution < -0.4 is 10.2 Å². The predicted molar refractivity (Wildman–Crippen MR) is 77.2 cm³/mol. The second-order valence-corrected chi connectivity index (χ2v) is 5.45. The zero-order valence-corrected chi connectivity index (χ0v) is 12.4. The highest BCUT2D eigenvalue weighted by Crippen LogP contribution is 2.34. The Labute approximate surface area is 123 Å². The smallest absolute Gasteiger partial charge is 0.327 e. The number of aryl methyl sites for hydroxylation is 1. The highest BCUT2D eigenvalue weighted by atomic mass is 79.9. The number of benzene rings is 1. The molecule has 8 heteroatoms. The van der Waals surface area contributed by atoms with Gasteiger partial charge in [-0.1, -0.05) is 0 Å². The van der Waals surface area contributed by atoms with E-state index in [4.69, 9.17) is 0 Å². The van der Waals surface area contributed by atoms with Gasteiger partial charge in [0.2, 0.25) is 0 Å². The number of piperazine rings is 1. The van der Waals surface area contributed by atoms with Crippen LogP contribution >= 0.6 is 15.9 Å². The van der Waals surface area contributed by atoms with Crippen LogP contribution in [0.5, 0.6) is 0 Å². The molecule has 1 heterocycles. The molecule has 0 saturated carbocycles. The summed E-state index contributed by atoms with van der Waals surface area (Å²) >= 11 is 3.30. The Morgan fingerprint density at radius 1 is 1.60 bits per heavy atom. The van der Waals surface area contributed by atoms with Gasteiger partial charge in [0.15, 0.2) is 0 Å². The van der Waals surface area contributed by atoms with E-state index >= 15 is 0 Å². The van der Waals surface area contributed by atoms with Gasteiger partial charge >= 0.3 is 5.97 Å². The number of nitro benzene ring substituents is 1. The number of hydrogen-bond donors (Lipinski definition) is 2. The van der Waals surface area contributed by atoms with Gasteiger partial charge in [-0.15, -0.1) is 0 Å². The first-order valence-electron chi connectivity index (χ1n) is 6.06. The van der Waals surface area contributed by atoms with Crippen LogP contribution in [0, 0.1) is 17.0 Å². The second kappa shape index (κ2) is 5.76. The zero-order chi connectivity index (χ0) is 14.9. The first-order chi connectivity index (χ1) is 9.41. The van der Waals surface area contributed by atoms with Crippen LogP contribution in [-0.2, 0) is 4.79 Å². The molecule has 2 N–H and O–H groups in total. The van der Waals surface area contributed by atoms with Crippen molar-refractivity contribution >= 4 is 33.3 Å². The van der Waals surface area contributed by atoms with Crippen LogP contribution in [0.15, 0.2) is 16.6 Å². The molecule has 1 aliphatic heterocycles. The maximum atomic E-state index is 11.3. The summed E-state index contributed by atoms with van der Waals surface area (Å²) < 4.78 is 0.531. The van der Waals surface area contributed by atoms with E-state index in [2.05, 4.69) is 21.2 Å². The van der Waals surface area contributed by atoms with Crippen molar-refractivity contribution in [1.29, 1.82) is 0 Å². The third-order valence-corrected chi connectivity index (χ3v) is 3.94. The molecule has 1 fully saturated rings. The van der Waals surface area contributed by atoms with Crippen molar-refractivity contribution in [3.63, 3.8) is 0 Å². The number of nitrogens with one attached hydrogen (secondary N) is 1. The molecule has 20 heavy (non-hydrogen) atoms. The van der Waals surface area contributed by atoms with Crippen LogP contribution in [0.4, 0.5) is 11.4 Å². The molecule has 0 radical (unpaired) electrons. The van der Waals surface area contributed by atoms with Crippen LogP contribution in [-0.4, -0.2) is 41.7 Å². The third-order valence-electron chi connectivity index (χ3n) is 3.30. The molecule has 7 nitrogen and oxygen atoms in total. The summed E-state index contributed by atoms with van der Waals surface area (Å²) in [4.78, 5) is 23.5. The lowest BCUT2D eigenvalue weighted by Gasteiger charge is -2.36. The molecule has 1 unspecified atom stereocenters. The number of aliphatic carboxylic acids is 1. The van der Waals surface area contributed by atoms with Gasteiger partial charge in [0, 0.05) is 35.7 Å². The number of carbonyl (C=O) groups is 1. The van der Waals surface area contributed by atoms with Gasteiger partial charge in [-0.2, -0.15) is 0 Å². The number of nitrogens with zero attached hydrogens (tertiary/aromatic N) is 2. The maximum absolute atomic E-state index is 11.3. The molecule has 108 valence electrons. The van der Waals surface area contributed by atoms with Crippen molar-refractivity contribution in [3.05, 3.63) is 32.3 Å². The van der Waals surface area contributed by atoms with E-state index in [-0.39, 0.29) is 5.69 Å². The van der Waals surface area contributed by atoms with E-state index in [0.29, 0.717) is 35.4 Å². The topological polar surface area (TPSA) is 95.7 Å². The number of hydrogen-bond acceptors (Lipinski definition) is 5. The Kier molecular flexibility index (Phi) is 4.24. The summed E-state index contributed by atoms with van der Waals surface area (Å²) in [6.07, 6.45) is 0. The zero-order valence-electron chi connectivity index (χ0n) is 10.8. The van der Waals surface area contributed by atoms with E-state index in [9.17, 15) is 20.0 Å². The van der Waals surface area contributed by atoms with Crippen LogP contribution in [0.3, 0.4) is 0 Å². The summed E-state index contributed by atoms with van der Waals surface area (Å²) in [5.41, 5.74) is 1.19. The SMILES string of the molecule is Cc1cc(N2CCNCC2C(=O)O)c(Br)cc1[N+](=O)[O-]. The summed E-state index contributed by atoms with van der Waals surface area (Å²) in [5, 5.41) is 23.2. The fourth-order valence-corrected chi connectivity index (χ4v) is 2.84. The Bertz CT molecular complexity index is 564. The minimum atomic E-state index is -0.917. The molecule has 0 bridgehead atoms. The molecule has 1 aromatic rings. The molecule has 0 amide bonds. The fraction of sp³-hybridized carbons (Fsp3) is 0.417. The van der Waals surface area contributed by atoms with Crippen molar-refractivity contribution in [2.45, 2.75) is 13.0 Å². The Morgan fingerprint density at radius 3 is 2.90 bits per heavy atom. The minimum absolute atomic E-state index is 0.0163. The monoisotopic (exact) mass is 343 g/mol. The van der Waals surface area contributed by atoms with Crippen molar-refractivity contribution in [2.24, 2.45) is 0 Å². The predicted octanol–water partition coefficient (Wildman–Crippen LogP) is 1.53. The summed E-state index contributed by atoms with van der Waals surface area (Å²) in [6, 6.07) is 2.40. The van der Waals surface area contributed by atoms with Crippen molar-refractivity contribution in [2.75, 3.05) is 24.5 Å². The van der Waals surface area contributed by atoms with Crippen LogP contribution in [0.2, 0.25) is 0 Å². The molecule has 1 aromatic carbocycles. The molecular formula is C12H14BrN3O4. The number of nitro groups is 1. The number of carboxylic acids is 1. The highest BCUT2D eigenvalue weighted by Gasteiger charge is 2.30. The van der Waals surface area contributed by atoms with E-state index in [1.54, 1.807) is 17.9 Å². The Morgan fingerprint density at radius 2 is 2.30 bits per heavy atom. The number of rotatable bonds is 3. The molecule has 2 rings (SSSR count). The van der Waals surface area contributed by atoms with Gasteiger partial charge in [0.05, 0.1) is 10.6 Å². The van der Waals surface area contributed by atoms with Gasteiger partial charge in [0.25, 0.3) is 5.69 Å². The van der Waals surface area contributed by atoms with Gasteiger partial charge < -0.3 is 15.3 Å². The molecule has 0 spiro atoms. The van der Waals surface area contributed by atoms with E-state index in [1.165, 1.54) is 6.07 Å². The van der Waals surface area contributed by atoms with E-state index in [0.717, 1.165) is 0 Å². The van der Waals surface area contributed by atoms with E-state index in [1.807, 2.05) is 0 Å². The fourth-order valence-electron chi connectivity index (χ4n) is 2.29. The average Bonchev–Trinajstić information content (AvgIpc) is 2.40. The first kappa shape index (κ1) is 14.7. The molecule has 1 atom stereocenters. The number of anilines is 1. The summed E-state index contributed by atoms with van der Waals surface area (Å²) in [6.45, 7) is 3.20. The quantitative estimate of drug-likeness (QED) is 0.638. The number of carboxylic acid groups (broad SMARTS) is 1. The van der Waals surface area contributed by atoms with Gasteiger partial charge in [-0.3, -0.25) is 10.1 Å². The van der Waals surface area contributed by atoms with Gasteiger partial charge in [0.1, 0.15) is 6.04 Å². The highest BCUT2D eigenvalue weighted by molar-refractivity contribution is 9.10. The standard InChI is InChI=1S/C12H14BrN3O4/c1-7-4-10(8(13)5-9(7)16(19)20)15-3-2-14-6-11(15)12(17)18/h4-5,11,14H,2-3,6H2,1H3,(H,17,18). The Hall–Kier alpha value is -1.67. The van der Waals surface area contributed by atoms with Crippen molar-refractivity contribution in [3.8, 4) is 0 Å². The lowest BCUT2D eigenvalue weighted by Crippen LogP contribution is -2.55. The van der Waals surface area contributed by atoms with E-state index < -0.39 is 16.9 Å². The summed E-state index contributed by atoms with van der Waals surface area (Å²) in [5.74, 6) is -0.917. The molecule has 1 aliphatic rings. The van der Waals surface area contributed by atoms with Gasteiger partial charge in [-0.25, -0.2) is 4.79 Å². The average molecular weight is 344 g/mol. The molecule has 0 aromatic heterocycles. The lowest BCUT2D eigenvalue weighted by molar-refractivity contribution is -0.385. The normalized spacial score (nSPS) is 18.9. The van der Waals surface area contributed by atoms with Crippen molar-refractivity contribution in [1.82, 2.24) is 5.32 Å². The molecule has 1 saturated heterocycles. The first-order valence-corrected chi connectivity index (χ1v) is 6.86.